The molecule has 0 aliphatic carbocycles. The number of aliphatic hydroxyl groups is 1. The predicted octanol–water partition coefficient (Wildman–Crippen LogP) is 1.02. The molecule has 2 aromatic carbocycles. The van der Waals surface area contributed by atoms with Crippen molar-refractivity contribution in [3.8, 4) is 0 Å². The largest absolute Gasteiger partial charge is 0.459 e. The fourth-order valence-corrected chi connectivity index (χ4v) is 3.46. The summed E-state index contributed by atoms with van der Waals surface area (Å²) < 4.78 is 30.8. The van der Waals surface area contributed by atoms with Gasteiger partial charge >= 0.3 is 17.6 Å². The summed E-state index contributed by atoms with van der Waals surface area (Å²) in [7, 11) is 0. The topological polar surface area (TPSA) is 137 Å². The van der Waals surface area contributed by atoms with Crippen molar-refractivity contribution < 1.29 is 33.3 Å². The van der Waals surface area contributed by atoms with E-state index in [1.54, 1.807) is 41.4 Å². The van der Waals surface area contributed by atoms with E-state index in [9.17, 15) is 28.7 Å². The Balaban J connectivity index is 1.59. The SMILES string of the molecule is O=C(OC[C@@H]1O[C@H](n2cc(F)c(=O)[nH]c2=O)[C@@H](O)[C@@H]1OC(=O)c1ccccc1)c1ccccc1. The van der Waals surface area contributed by atoms with Crippen LogP contribution in [0.25, 0.3) is 0 Å². The standard InChI is InChI=1S/C23H19FN2O8/c24-15-11-26(23(31)25-19(15)28)20-17(27)18(34-22(30)14-9-5-2-6-10-14)16(33-20)12-32-21(29)13-7-3-1-4-8-13/h1-11,16-18,20,27H,12H2,(H,25,28,31)/t16-,17-,18+,20-/m0/s1. The molecule has 4 rings (SSSR count). The van der Waals surface area contributed by atoms with E-state index >= 15 is 0 Å². The molecule has 0 saturated carbocycles. The van der Waals surface area contributed by atoms with Crippen LogP contribution in [0.4, 0.5) is 4.39 Å². The molecule has 0 bridgehead atoms. The zero-order valence-electron chi connectivity index (χ0n) is 17.5. The number of rotatable bonds is 6. The second kappa shape index (κ2) is 9.81. The molecule has 1 aliphatic rings. The number of esters is 2. The summed E-state index contributed by atoms with van der Waals surface area (Å²) in [5.41, 5.74) is -1.85. The van der Waals surface area contributed by atoms with Crippen molar-refractivity contribution in [2.24, 2.45) is 0 Å². The molecular formula is C23H19FN2O8. The van der Waals surface area contributed by atoms with Gasteiger partial charge < -0.3 is 19.3 Å². The van der Waals surface area contributed by atoms with Crippen LogP contribution in [0, 0.1) is 5.82 Å². The first-order chi connectivity index (χ1) is 16.3. The van der Waals surface area contributed by atoms with Crippen molar-refractivity contribution in [1.29, 1.82) is 0 Å². The summed E-state index contributed by atoms with van der Waals surface area (Å²) in [5, 5.41) is 10.8. The highest BCUT2D eigenvalue weighted by atomic mass is 19.1. The van der Waals surface area contributed by atoms with Gasteiger partial charge in [-0.1, -0.05) is 36.4 Å². The summed E-state index contributed by atoms with van der Waals surface area (Å²) in [4.78, 5) is 50.2. The molecule has 10 nitrogen and oxygen atoms in total. The number of hydrogen-bond acceptors (Lipinski definition) is 8. The molecule has 1 saturated heterocycles. The number of hydrogen-bond donors (Lipinski definition) is 2. The van der Waals surface area contributed by atoms with Crippen molar-refractivity contribution in [1.82, 2.24) is 9.55 Å². The average Bonchev–Trinajstić information content (AvgIpc) is 3.15. The molecule has 4 atom stereocenters. The Labute approximate surface area is 191 Å². The molecule has 34 heavy (non-hydrogen) atoms. The minimum absolute atomic E-state index is 0.186. The maximum absolute atomic E-state index is 13.8. The number of nitrogens with one attached hydrogen (secondary N) is 1. The number of carbonyl (C=O) groups is 2. The summed E-state index contributed by atoms with van der Waals surface area (Å²) >= 11 is 0. The Morgan fingerprint density at radius 2 is 1.59 bits per heavy atom. The highest BCUT2D eigenvalue weighted by molar-refractivity contribution is 5.90. The number of halogens is 1. The van der Waals surface area contributed by atoms with Crippen molar-refractivity contribution in [2.45, 2.75) is 24.5 Å². The van der Waals surface area contributed by atoms with E-state index in [-0.39, 0.29) is 11.1 Å². The molecule has 11 heteroatoms. The minimum Gasteiger partial charge on any atom is -0.459 e. The molecule has 2 N–H and O–H groups in total. The second-order valence-corrected chi connectivity index (χ2v) is 7.40. The highest BCUT2D eigenvalue weighted by Crippen LogP contribution is 2.31. The Morgan fingerprint density at radius 1 is 1.00 bits per heavy atom. The van der Waals surface area contributed by atoms with Crippen molar-refractivity contribution >= 4 is 11.9 Å². The lowest BCUT2D eigenvalue weighted by Gasteiger charge is -2.21. The molecule has 2 heterocycles. The van der Waals surface area contributed by atoms with E-state index < -0.39 is 60.2 Å². The number of carbonyl (C=O) groups excluding carboxylic acids is 2. The summed E-state index contributed by atoms with van der Waals surface area (Å²) in [5.74, 6) is -2.78. The van der Waals surface area contributed by atoms with Gasteiger partial charge in [-0.3, -0.25) is 14.3 Å². The van der Waals surface area contributed by atoms with E-state index in [1.165, 1.54) is 24.3 Å². The molecule has 1 fully saturated rings. The number of aromatic nitrogens is 2. The predicted molar refractivity (Wildman–Crippen MR) is 114 cm³/mol. The number of aliphatic hydroxyl groups excluding tert-OH is 1. The third kappa shape index (κ3) is 4.80. The van der Waals surface area contributed by atoms with Crippen LogP contribution in [-0.2, 0) is 14.2 Å². The van der Waals surface area contributed by atoms with Gasteiger partial charge in [0.1, 0.15) is 18.8 Å². The molecular weight excluding hydrogens is 451 g/mol. The number of ether oxygens (including phenoxy) is 3. The number of nitrogens with zero attached hydrogens (tertiary/aromatic N) is 1. The Kier molecular flexibility index (Phi) is 6.66. The lowest BCUT2D eigenvalue weighted by molar-refractivity contribution is -0.0617. The van der Waals surface area contributed by atoms with Gasteiger partial charge in [0.25, 0.3) is 5.56 Å². The lowest BCUT2D eigenvalue weighted by atomic mass is 10.1. The zero-order valence-corrected chi connectivity index (χ0v) is 17.5. The molecule has 0 amide bonds. The fourth-order valence-electron chi connectivity index (χ4n) is 3.46. The van der Waals surface area contributed by atoms with Crippen molar-refractivity contribution in [3.05, 3.63) is 105 Å². The normalized spacial score (nSPS) is 21.7. The maximum atomic E-state index is 13.8. The summed E-state index contributed by atoms with van der Waals surface area (Å²) in [6.07, 6.45) is -5.21. The molecule has 3 aromatic rings. The van der Waals surface area contributed by atoms with Gasteiger partial charge in [0.15, 0.2) is 12.3 Å². The molecule has 176 valence electrons. The summed E-state index contributed by atoms with van der Waals surface area (Å²) in [6.45, 7) is -0.450. The Morgan fingerprint density at radius 3 is 2.21 bits per heavy atom. The van der Waals surface area contributed by atoms with Crippen LogP contribution in [0.5, 0.6) is 0 Å². The van der Waals surface area contributed by atoms with Gasteiger partial charge in [-0.2, -0.15) is 4.39 Å². The van der Waals surface area contributed by atoms with Crippen LogP contribution < -0.4 is 11.2 Å². The van der Waals surface area contributed by atoms with E-state index in [1.807, 2.05) is 0 Å². The van der Waals surface area contributed by atoms with E-state index in [0.29, 0.717) is 10.8 Å². The first-order valence-electron chi connectivity index (χ1n) is 10.2. The third-order valence-corrected chi connectivity index (χ3v) is 5.15. The van der Waals surface area contributed by atoms with Gasteiger partial charge in [0.2, 0.25) is 5.82 Å². The van der Waals surface area contributed by atoms with Gasteiger partial charge in [0.05, 0.1) is 17.3 Å². The van der Waals surface area contributed by atoms with Gasteiger partial charge in [-0.05, 0) is 24.3 Å². The molecule has 0 unspecified atom stereocenters. The molecule has 0 spiro atoms. The smallest absolute Gasteiger partial charge is 0.338 e. The van der Waals surface area contributed by atoms with E-state index in [4.69, 9.17) is 14.2 Å². The Hall–Kier alpha value is -4.09. The van der Waals surface area contributed by atoms with Crippen LogP contribution in [0.2, 0.25) is 0 Å². The molecule has 1 aromatic heterocycles. The monoisotopic (exact) mass is 470 g/mol. The molecule has 0 radical (unpaired) electrons. The Bertz CT molecular complexity index is 1290. The first kappa shape index (κ1) is 23.1. The quantitative estimate of drug-likeness (QED) is 0.510. The molecule has 1 aliphatic heterocycles. The van der Waals surface area contributed by atoms with E-state index in [0.717, 1.165) is 0 Å². The van der Waals surface area contributed by atoms with Crippen LogP contribution in [0.1, 0.15) is 26.9 Å². The number of aromatic amines is 1. The van der Waals surface area contributed by atoms with Crippen molar-refractivity contribution in [2.75, 3.05) is 6.61 Å². The van der Waals surface area contributed by atoms with Crippen molar-refractivity contribution in [3.63, 3.8) is 0 Å². The maximum Gasteiger partial charge on any atom is 0.338 e. The highest BCUT2D eigenvalue weighted by Gasteiger charge is 2.48. The second-order valence-electron chi connectivity index (χ2n) is 7.40. The first-order valence-corrected chi connectivity index (χ1v) is 10.2. The fraction of sp³-hybridized carbons (Fsp3) is 0.217. The van der Waals surface area contributed by atoms with Crippen LogP contribution in [0.15, 0.2) is 76.4 Å². The number of H-pyrrole nitrogens is 1. The minimum atomic E-state index is -1.66. The number of benzene rings is 2. The van der Waals surface area contributed by atoms with E-state index in [2.05, 4.69) is 0 Å². The van der Waals surface area contributed by atoms with Crippen LogP contribution in [-0.4, -0.2) is 51.5 Å². The third-order valence-electron chi connectivity index (χ3n) is 5.15. The van der Waals surface area contributed by atoms with Gasteiger partial charge in [-0.15, -0.1) is 0 Å². The zero-order chi connectivity index (χ0) is 24.2. The summed E-state index contributed by atoms with van der Waals surface area (Å²) in [6, 6.07) is 16.0. The lowest BCUT2D eigenvalue weighted by Crippen LogP contribution is -2.41. The van der Waals surface area contributed by atoms with Crippen LogP contribution in [0.3, 0.4) is 0 Å². The van der Waals surface area contributed by atoms with Gasteiger partial charge in [0, 0.05) is 0 Å². The van der Waals surface area contributed by atoms with Crippen LogP contribution >= 0.6 is 0 Å². The average molecular weight is 470 g/mol. The van der Waals surface area contributed by atoms with Gasteiger partial charge in [-0.25, -0.2) is 14.4 Å².